The summed E-state index contributed by atoms with van der Waals surface area (Å²) >= 11 is 0. The predicted octanol–water partition coefficient (Wildman–Crippen LogP) is 3.53. The molecule has 0 saturated carbocycles. The van der Waals surface area contributed by atoms with Gasteiger partial charge in [0.15, 0.2) is 0 Å². The zero-order valence-corrected chi connectivity index (χ0v) is 17.5. The van der Waals surface area contributed by atoms with Gasteiger partial charge in [0.25, 0.3) is 0 Å². The molecule has 7 nitrogen and oxygen atoms in total. The molecule has 1 saturated heterocycles. The summed E-state index contributed by atoms with van der Waals surface area (Å²) in [6.07, 6.45) is 2.75. The maximum Gasteiger partial charge on any atom is 0.247 e. The topological polar surface area (TPSA) is 94.3 Å². The number of carbonyl (C=O) groups excluding carboxylic acids is 3. The lowest BCUT2D eigenvalue weighted by Gasteiger charge is -2.24. The van der Waals surface area contributed by atoms with Gasteiger partial charge in [-0.3, -0.25) is 14.4 Å². The van der Waals surface area contributed by atoms with Crippen LogP contribution >= 0.6 is 0 Å². The molecule has 1 aromatic heterocycles. The lowest BCUT2D eigenvalue weighted by Crippen LogP contribution is -2.41. The van der Waals surface area contributed by atoms with E-state index in [2.05, 4.69) is 15.6 Å². The van der Waals surface area contributed by atoms with Gasteiger partial charge in [0, 0.05) is 41.4 Å². The van der Waals surface area contributed by atoms with E-state index in [-0.39, 0.29) is 17.7 Å². The molecule has 2 aliphatic heterocycles. The molecule has 31 heavy (non-hydrogen) atoms. The van der Waals surface area contributed by atoms with Crippen molar-refractivity contribution in [3.63, 3.8) is 0 Å². The van der Waals surface area contributed by atoms with E-state index in [1.54, 1.807) is 17.0 Å². The number of anilines is 2. The number of aromatic nitrogens is 1. The minimum Gasteiger partial charge on any atom is -0.361 e. The molecule has 5 rings (SSSR count). The smallest absolute Gasteiger partial charge is 0.247 e. The van der Waals surface area contributed by atoms with Crippen molar-refractivity contribution in [1.29, 1.82) is 0 Å². The number of hydrogen-bond acceptors (Lipinski definition) is 3. The first-order valence-electron chi connectivity index (χ1n) is 10.5. The van der Waals surface area contributed by atoms with E-state index in [9.17, 15) is 14.4 Å². The highest BCUT2D eigenvalue weighted by atomic mass is 16.2. The predicted molar refractivity (Wildman–Crippen MR) is 119 cm³/mol. The number of hydrogen-bond donors (Lipinski definition) is 3. The quantitative estimate of drug-likeness (QED) is 0.607. The Hall–Kier alpha value is -3.61. The minimum absolute atomic E-state index is 0.0182. The number of carbonyl (C=O) groups is 3. The van der Waals surface area contributed by atoms with Gasteiger partial charge in [-0.25, -0.2) is 0 Å². The van der Waals surface area contributed by atoms with E-state index in [0.29, 0.717) is 25.1 Å². The molecule has 3 amide bonds. The van der Waals surface area contributed by atoms with Crippen LogP contribution in [0.3, 0.4) is 0 Å². The normalized spacial score (nSPS) is 19.5. The van der Waals surface area contributed by atoms with Crippen molar-refractivity contribution in [2.24, 2.45) is 0 Å². The number of H-pyrrole nitrogens is 1. The van der Waals surface area contributed by atoms with E-state index in [4.69, 9.17) is 0 Å². The minimum atomic E-state index is -0.652. The molecule has 1 unspecified atom stereocenters. The standard InChI is InChI=1S/C24H24N4O3/c1-24(2)17-11-15(7-8-19(17)27-23(24)31)26-22(30)20-9-10-21(29)28(20)13-14-12-25-18-6-4-3-5-16(14)18/h3-8,11-12,20,25H,9-10,13H2,1-2H3,(H,26,30)(H,27,31). The summed E-state index contributed by atoms with van der Waals surface area (Å²) in [5.74, 6) is -0.284. The van der Waals surface area contributed by atoms with Gasteiger partial charge in [-0.1, -0.05) is 18.2 Å². The molecule has 2 aliphatic rings. The first-order chi connectivity index (χ1) is 14.8. The molecule has 0 spiro atoms. The molecular formula is C24H24N4O3. The summed E-state index contributed by atoms with van der Waals surface area (Å²) in [6, 6.07) is 12.8. The zero-order valence-electron chi connectivity index (χ0n) is 17.5. The Morgan fingerprint density at radius 3 is 2.84 bits per heavy atom. The summed E-state index contributed by atoms with van der Waals surface area (Å²) in [5.41, 5.74) is 3.60. The molecule has 158 valence electrons. The maximum absolute atomic E-state index is 13.1. The van der Waals surface area contributed by atoms with Crippen molar-refractivity contribution < 1.29 is 14.4 Å². The van der Waals surface area contributed by atoms with E-state index >= 15 is 0 Å². The van der Waals surface area contributed by atoms with Crippen molar-refractivity contribution in [1.82, 2.24) is 9.88 Å². The molecule has 0 radical (unpaired) electrons. The second kappa shape index (κ2) is 6.97. The third-order valence-corrected chi connectivity index (χ3v) is 6.42. The number of benzene rings is 2. The Balaban J connectivity index is 1.36. The Kier molecular flexibility index (Phi) is 4.36. The fourth-order valence-corrected chi connectivity index (χ4v) is 4.52. The molecule has 0 aliphatic carbocycles. The third kappa shape index (κ3) is 3.17. The van der Waals surface area contributed by atoms with Gasteiger partial charge in [-0.15, -0.1) is 0 Å². The van der Waals surface area contributed by atoms with Crippen LogP contribution in [0, 0.1) is 0 Å². The molecule has 3 heterocycles. The number of rotatable bonds is 4. The number of nitrogens with one attached hydrogen (secondary N) is 3. The van der Waals surface area contributed by atoms with Gasteiger partial charge < -0.3 is 20.5 Å². The lowest BCUT2D eigenvalue weighted by atomic mass is 9.86. The van der Waals surface area contributed by atoms with Crippen LogP contribution in [0.2, 0.25) is 0 Å². The van der Waals surface area contributed by atoms with Crippen LogP contribution in [0.1, 0.15) is 37.8 Å². The second-order valence-corrected chi connectivity index (χ2v) is 8.76. The number of aromatic amines is 1. The van der Waals surface area contributed by atoms with Crippen LogP contribution < -0.4 is 10.6 Å². The number of para-hydroxylation sites is 1. The van der Waals surface area contributed by atoms with Gasteiger partial charge in [0.1, 0.15) is 6.04 Å². The molecule has 1 atom stereocenters. The average Bonchev–Trinajstić information content (AvgIpc) is 3.39. The van der Waals surface area contributed by atoms with E-state index in [1.807, 2.05) is 50.4 Å². The lowest BCUT2D eigenvalue weighted by molar-refractivity contribution is -0.133. The SMILES string of the molecule is CC1(C)C(=O)Nc2ccc(NC(=O)C3CCC(=O)N3Cc3c[nH]c4ccccc34)cc21. The molecule has 3 N–H and O–H groups in total. The maximum atomic E-state index is 13.1. The summed E-state index contributed by atoms with van der Waals surface area (Å²) in [4.78, 5) is 42.7. The van der Waals surface area contributed by atoms with Crippen molar-refractivity contribution in [3.8, 4) is 0 Å². The third-order valence-electron chi connectivity index (χ3n) is 6.42. The van der Waals surface area contributed by atoms with E-state index in [1.165, 1.54) is 0 Å². The highest BCUT2D eigenvalue weighted by Gasteiger charge is 2.39. The summed E-state index contributed by atoms with van der Waals surface area (Å²) in [7, 11) is 0. The largest absolute Gasteiger partial charge is 0.361 e. The van der Waals surface area contributed by atoms with Crippen molar-refractivity contribution in [2.45, 2.75) is 44.7 Å². The van der Waals surface area contributed by atoms with Crippen LogP contribution in [0.25, 0.3) is 10.9 Å². The first kappa shape index (κ1) is 19.4. The fraction of sp³-hybridized carbons (Fsp3) is 0.292. The number of amides is 3. The monoisotopic (exact) mass is 416 g/mol. The van der Waals surface area contributed by atoms with Crippen LogP contribution in [0.4, 0.5) is 11.4 Å². The number of fused-ring (bicyclic) bond motifs is 2. The molecule has 2 aromatic carbocycles. The van der Waals surface area contributed by atoms with Crippen molar-refractivity contribution >= 4 is 40.0 Å². The van der Waals surface area contributed by atoms with Crippen LogP contribution in [0.15, 0.2) is 48.7 Å². The highest BCUT2D eigenvalue weighted by Crippen LogP contribution is 2.39. The Bertz CT molecular complexity index is 1230. The summed E-state index contributed by atoms with van der Waals surface area (Å²) in [6.45, 7) is 4.10. The molecule has 7 heteroatoms. The highest BCUT2D eigenvalue weighted by molar-refractivity contribution is 6.06. The fourth-order valence-electron chi connectivity index (χ4n) is 4.52. The van der Waals surface area contributed by atoms with Crippen molar-refractivity contribution in [2.75, 3.05) is 10.6 Å². The Morgan fingerprint density at radius 1 is 1.19 bits per heavy atom. The molecule has 3 aromatic rings. The summed E-state index contributed by atoms with van der Waals surface area (Å²) < 4.78 is 0. The average molecular weight is 416 g/mol. The Labute approximate surface area is 179 Å². The van der Waals surface area contributed by atoms with Crippen LogP contribution in [-0.4, -0.2) is 33.6 Å². The van der Waals surface area contributed by atoms with Crippen LogP contribution in [-0.2, 0) is 26.3 Å². The molecule has 1 fully saturated rings. The van der Waals surface area contributed by atoms with Gasteiger partial charge in [0.2, 0.25) is 17.7 Å². The second-order valence-electron chi connectivity index (χ2n) is 8.76. The van der Waals surface area contributed by atoms with E-state index in [0.717, 1.165) is 27.7 Å². The first-order valence-corrected chi connectivity index (χ1v) is 10.5. The number of likely N-dealkylation sites (tertiary alicyclic amines) is 1. The van der Waals surface area contributed by atoms with Gasteiger partial charge >= 0.3 is 0 Å². The van der Waals surface area contributed by atoms with Gasteiger partial charge in [-0.2, -0.15) is 0 Å². The van der Waals surface area contributed by atoms with Crippen LogP contribution in [0.5, 0.6) is 0 Å². The van der Waals surface area contributed by atoms with Gasteiger partial charge in [0.05, 0.1) is 5.41 Å². The Morgan fingerprint density at radius 2 is 2.00 bits per heavy atom. The number of nitrogens with zero attached hydrogens (tertiary/aromatic N) is 1. The van der Waals surface area contributed by atoms with E-state index < -0.39 is 11.5 Å². The molecule has 0 bridgehead atoms. The summed E-state index contributed by atoms with van der Waals surface area (Å²) in [5, 5.41) is 6.88. The molecular weight excluding hydrogens is 392 g/mol. The van der Waals surface area contributed by atoms with Crippen molar-refractivity contribution in [3.05, 3.63) is 59.8 Å². The zero-order chi connectivity index (χ0) is 21.8. The van der Waals surface area contributed by atoms with Gasteiger partial charge in [-0.05, 0) is 55.7 Å².